The monoisotopic (exact) mass is 373 g/mol. The van der Waals surface area contributed by atoms with Crippen LogP contribution in [0.1, 0.15) is 5.56 Å². The topological polar surface area (TPSA) is 67.8 Å². The van der Waals surface area contributed by atoms with Gasteiger partial charge in [0, 0.05) is 5.56 Å². The molecule has 0 aliphatic carbocycles. The Kier molecular flexibility index (Phi) is 5.57. The van der Waals surface area contributed by atoms with Crippen LogP contribution in [0.15, 0.2) is 53.4 Å². The van der Waals surface area contributed by atoms with Crippen molar-refractivity contribution >= 4 is 40.3 Å². The molecule has 1 aliphatic rings. The molecule has 0 radical (unpaired) electrons. The number of amides is 1. The van der Waals surface area contributed by atoms with E-state index in [-0.39, 0.29) is 18.3 Å². The number of aromatic hydroxyl groups is 1. The second kappa shape index (κ2) is 8.04. The highest BCUT2D eigenvalue weighted by atomic mass is 32.2. The summed E-state index contributed by atoms with van der Waals surface area (Å²) < 4.78 is 11.7. The number of phenolic OH excluding ortho intramolecular Hbond substituents is 1. The van der Waals surface area contributed by atoms with Crippen molar-refractivity contribution in [2.24, 2.45) is 0 Å². The number of thioether (sulfide) groups is 1. The highest BCUT2D eigenvalue weighted by Gasteiger charge is 2.22. The molecule has 1 aliphatic heterocycles. The lowest BCUT2D eigenvalue weighted by molar-refractivity contribution is -0.115. The summed E-state index contributed by atoms with van der Waals surface area (Å²) in [4.78, 5) is 12.3. The highest BCUT2D eigenvalue weighted by Crippen LogP contribution is 2.29. The van der Waals surface area contributed by atoms with Crippen LogP contribution in [0.5, 0.6) is 17.2 Å². The van der Waals surface area contributed by atoms with Gasteiger partial charge in [0.15, 0.2) is 11.5 Å². The van der Waals surface area contributed by atoms with Gasteiger partial charge in [0.05, 0.1) is 4.91 Å². The smallest absolute Gasteiger partial charge is 0.263 e. The third-order valence-corrected chi connectivity index (χ3v) is 4.47. The van der Waals surface area contributed by atoms with E-state index in [2.05, 4.69) is 5.32 Å². The average Bonchev–Trinajstić information content (AvgIpc) is 2.92. The van der Waals surface area contributed by atoms with Crippen LogP contribution < -0.4 is 14.8 Å². The normalized spacial score (nSPS) is 15.3. The van der Waals surface area contributed by atoms with E-state index in [4.69, 9.17) is 21.7 Å². The Morgan fingerprint density at radius 2 is 1.68 bits per heavy atom. The van der Waals surface area contributed by atoms with Crippen molar-refractivity contribution in [1.29, 1.82) is 0 Å². The lowest BCUT2D eigenvalue weighted by atomic mass is 10.2. The van der Waals surface area contributed by atoms with Gasteiger partial charge in [0.1, 0.15) is 23.3 Å². The molecule has 1 saturated heterocycles. The zero-order valence-corrected chi connectivity index (χ0v) is 14.7. The van der Waals surface area contributed by atoms with Gasteiger partial charge in [-0.1, -0.05) is 54.3 Å². The first-order valence-corrected chi connectivity index (χ1v) is 8.73. The third kappa shape index (κ3) is 4.52. The molecule has 2 aromatic rings. The van der Waals surface area contributed by atoms with E-state index in [9.17, 15) is 9.90 Å². The molecule has 1 heterocycles. The summed E-state index contributed by atoms with van der Waals surface area (Å²) in [5.41, 5.74) is 0.785. The first kappa shape index (κ1) is 17.3. The molecule has 2 N–H and O–H groups in total. The van der Waals surface area contributed by atoms with Crippen molar-refractivity contribution < 1.29 is 19.4 Å². The van der Waals surface area contributed by atoms with Gasteiger partial charge in [-0.05, 0) is 24.3 Å². The first-order valence-electron chi connectivity index (χ1n) is 7.51. The fourth-order valence-corrected chi connectivity index (χ4v) is 3.21. The molecule has 1 fully saturated rings. The zero-order chi connectivity index (χ0) is 17.6. The lowest BCUT2D eigenvalue weighted by Crippen LogP contribution is -2.17. The second-order valence-corrected chi connectivity index (χ2v) is 6.77. The van der Waals surface area contributed by atoms with Crippen LogP contribution in [0.4, 0.5) is 0 Å². The lowest BCUT2D eigenvalue weighted by Gasteiger charge is -2.11. The Balaban J connectivity index is 1.62. The van der Waals surface area contributed by atoms with E-state index in [1.165, 1.54) is 11.8 Å². The molecule has 3 rings (SSSR count). The fraction of sp³-hybridized carbons (Fsp3) is 0.111. The summed E-state index contributed by atoms with van der Waals surface area (Å²) in [5, 5.41) is 12.2. The van der Waals surface area contributed by atoms with Crippen molar-refractivity contribution in [3.05, 3.63) is 59.0 Å². The largest absolute Gasteiger partial charge is 0.504 e. The minimum atomic E-state index is -0.201. The average molecular weight is 373 g/mol. The molecule has 128 valence electrons. The number of hydrogen-bond acceptors (Lipinski definition) is 6. The number of carbonyl (C=O) groups excluding carboxylic acids is 1. The molecule has 5 nitrogen and oxygen atoms in total. The molecule has 7 heteroatoms. The molecule has 0 unspecified atom stereocenters. The van der Waals surface area contributed by atoms with Crippen molar-refractivity contribution in [3.8, 4) is 17.2 Å². The van der Waals surface area contributed by atoms with Crippen LogP contribution in [0.2, 0.25) is 0 Å². The predicted octanol–water partition coefficient (Wildman–Crippen LogP) is 3.34. The Bertz CT molecular complexity index is 835. The first-order chi connectivity index (χ1) is 12.1. The second-order valence-electron chi connectivity index (χ2n) is 5.05. The molecule has 2 aromatic carbocycles. The van der Waals surface area contributed by atoms with E-state index in [1.54, 1.807) is 30.3 Å². The summed E-state index contributed by atoms with van der Waals surface area (Å²) in [5.74, 6) is 0.941. The van der Waals surface area contributed by atoms with Crippen LogP contribution in [0.25, 0.3) is 6.08 Å². The third-order valence-electron chi connectivity index (χ3n) is 3.31. The Hall–Kier alpha value is -2.51. The standard InChI is InChI=1S/C18H15NO4S2/c20-13-6-2-4-8-15(13)23-10-9-22-14-7-3-1-5-12(14)11-16-17(21)19-18(24)25-16/h1-8,11,20H,9-10H2,(H,19,21,24). The molecular weight excluding hydrogens is 358 g/mol. The summed E-state index contributed by atoms with van der Waals surface area (Å²) in [6.45, 7) is 0.577. The van der Waals surface area contributed by atoms with Crippen molar-refractivity contribution in [2.45, 2.75) is 0 Å². The molecule has 0 aromatic heterocycles. The van der Waals surface area contributed by atoms with Crippen LogP contribution in [-0.2, 0) is 4.79 Å². The number of benzene rings is 2. The van der Waals surface area contributed by atoms with Gasteiger partial charge >= 0.3 is 0 Å². The molecular formula is C18H15NO4S2. The quantitative estimate of drug-likeness (QED) is 0.460. The predicted molar refractivity (Wildman–Crippen MR) is 102 cm³/mol. The van der Waals surface area contributed by atoms with E-state index in [0.717, 1.165) is 5.56 Å². The molecule has 0 saturated carbocycles. The summed E-state index contributed by atoms with van der Waals surface area (Å²) >= 11 is 6.22. The summed E-state index contributed by atoms with van der Waals surface area (Å²) in [6, 6.07) is 14.2. The van der Waals surface area contributed by atoms with E-state index in [0.29, 0.717) is 27.3 Å². The minimum absolute atomic E-state index is 0.0906. The van der Waals surface area contributed by atoms with Crippen LogP contribution in [0, 0.1) is 0 Å². The van der Waals surface area contributed by atoms with Crippen molar-refractivity contribution in [2.75, 3.05) is 13.2 Å². The number of thiocarbonyl (C=S) groups is 1. The van der Waals surface area contributed by atoms with Crippen LogP contribution in [0.3, 0.4) is 0 Å². The number of para-hydroxylation sites is 3. The molecule has 0 bridgehead atoms. The van der Waals surface area contributed by atoms with E-state index in [1.807, 2.05) is 24.3 Å². The van der Waals surface area contributed by atoms with E-state index >= 15 is 0 Å². The highest BCUT2D eigenvalue weighted by molar-refractivity contribution is 8.26. The number of rotatable bonds is 6. The Morgan fingerprint density at radius 1 is 1.04 bits per heavy atom. The van der Waals surface area contributed by atoms with Crippen molar-refractivity contribution in [1.82, 2.24) is 5.32 Å². The number of hydrogen-bond donors (Lipinski definition) is 2. The maximum Gasteiger partial charge on any atom is 0.263 e. The molecule has 0 spiro atoms. The maximum absolute atomic E-state index is 11.8. The van der Waals surface area contributed by atoms with Gasteiger partial charge < -0.3 is 19.9 Å². The van der Waals surface area contributed by atoms with Crippen LogP contribution in [-0.4, -0.2) is 28.5 Å². The zero-order valence-electron chi connectivity index (χ0n) is 13.1. The number of phenols is 1. The Morgan fingerprint density at radius 3 is 2.36 bits per heavy atom. The van der Waals surface area contributed by atoms with Gasteiger partial charge in [-0.2, -0.15) is 0 Å². The van der Waals surface area contributed by atoms with Gasteiger partial charge in [0.25, 0.3) is 5.91 Å². The molecule has 0 atom stereocenters. The number of carbonyl (C=O) groups is 1. The van der Waals surface area contributed by atoms with Gasteiger partial charge in [-0.25, -0.2) is 0 Å². The summed E-state index contributed by atoms with van der Waals surface area (Å²) in [6.07, 6.45) is 1.75. The van der Waals surface area contributed by atoms with E-state index < -0.39 is 0 Å². The maximum atomic E-state index is 11.8. The summed E-state index contributed by atoms with van der Waals surface area (Å²) in [7, 11) is 0. The van der Waals surface area contributed by atoms with Gasteiger partial charge in [-0.15, -0.1) is 0 Å². The minimum Gasteiger partial charge on any atom is -0.504 e. The number of ether oxygens (including phenoxy) is 2. The molecule has 1 amide bonds. The molecule has 25 heavy (non-hydrogen) atoms. The van der Waals surface area contributed by atoms with Gasteiger partial charge in [-0.3, -0.25) is 4.79 Å². The number of nitrogens with one attached hydrogen (secondary N) is 1. The fourth-order valence-electron chi connectivity index (χ4n) is 2.18. The van der Waals surface area contributed by atoms with Crippen molar-refractivity contribution in [3.63, 3.8) is 0 Å². The van der Waals surface area contributed by atoms with Gasteiger partial charge in [0.2, 0.25) is 0 Å². The SMILES string of the molecule is O=C1NC(=S)SC1=Cc1ccccc1OCCOc1ccccc1O. The Labute approximate surface area is 154 Å². The van der Waals surface area contributed by atoms with Crippen LogP contribution >= 0.6 is 24.0 Å².